The maximum Gasteiger partial charge on any atom is 0.223 e. The molecule has 0 unspecified atom stereocenters. The number of fused-ring (bicyclic) bond motifs is 1. The molecule has 0 saturated carbocycles. The fraction of sp³-hybridized carbons (Fsp3) is 0.476. The molecule has 27 heavy (non-hydrogen) atoms. The van der Waals surface area contributed by atoms with Crippen molar-refractivity contribution in [3.8, 4) is 0 Å². The number of anilines is 1. The van der Waals surface area contributed by atoms with Crippen LogP contribution in [0, 0.1) is 18.8 Å². The zero-order valence-corrected chi connectivity index (χ0v) is 15.7. The van der Waals surface area contributed by atoms with Crippen LogP contribution in [0.1, 0.15) is 17.5 Å². The van der Waals surface area contributed by atoms with E-state index in [1.165, 1.54) is 11.1 Å². The number of likely N-dealkylation sites (tertiary alicyclic amines) is 1. The number of nitrogens with zero attached hydrogens (tertiary/aromatic N) is 3. The Hall–Kier alpha value is -2.47. The zero-order chi connectivity index (χ0) is 18.6. The molecular weight excluding hydrogens is 340 g/mol. The number of aromatic nitrogens is 2. The van der Waals surface area contributed by atoms with Crippen LogP contribution in [0.5, 0.6) is 0 Å². The van der Waals surface area contributed by atoms with Crippen molar-refractivity contribution in [3.63, 3.8) is 0 Å². The van der Waals surface area contributed by atoms with Crippen molar-refractivity contribution in [2.45, 2.75) is 25.9 Å². The summed E-state index contributed by atoms with van der Waals surface area (Å²) in [6, 6.07) is 10.1. The molecule has 2 aliphatic rings. The van der Waals surface area contributed by atoms with Crippen LogP contribution in [-0.4, -0.2) is 53.1 Å². The van der Waals surface area contributed by atoms with Gasteiger partial charge in [0.1, 0.15) is 0 Å². The van der Waals surface area contributed by atoms with E-state index in [1.807, 2.05) is 17.0 Å². The molecule has 0 bridgehead atoms. The molecule has 3 atom stereocenters. The molecule has 6 nitrogen and oxygen atoms in total. The molecule has 2 saturated heterocycles. The van der Waals surface area contributed by atoms with E-state index in [4.69, 9.17) is 4.74 Å². The Kier molecular flexibility index (Phi) is 5.34. The van der Waals surface area contributed by atoms with E-state index >= 15 is 0 Å². The largest absolute Gasteiger partial charge is 0.376 e. The normalized spacial score (nSPS) is 24.0. The Balaban J connectivity index is 1.28. The Bertz CT molecular complexity index is 783. The molecule has 2 fully saturated rings. The fourth-order valence-electron chi connectivity index (χ4n) is 4.12. The standard InChI is InChI=1S/C21H26N4O2/c1-15-5-2-3-6-16(15)7-8-20(26)25-12-18-17(14-27-19(18)13-25)11-24-21-22-9-4-10-23-21/h2-6,9-10,17-19H,7-8,11-14H2,1H3,(H,22,23,24)/t17-,18+,19+/m1/s1. The van der Waals surface area contributed by atoms with Crippen molar-refractivity contribution in [2.75, 3.05) is 31.6 Å². The lowest BCUT2D eigenvalue weighted by molar-refractivity contribution is -0.130. The van der Waals surface area contributed by atoms with Crippen molar-refractivity contribution in [2.24, 2.45) is 11.8 Å². The molecule has 0 radical (unpaired) electrons. The van der Waals surface area contributed by atoms with Crippen LogP contribution in [0.4, 0.5) is 5.95 Å². The van der Waals surface area contributed by atoms with Crippen LogP contribution in [0.25, 0.3) is 0 Å². The number of benzene rings is 1. The van der Waals surface area contributed by atoms with Crippen LogP contribution in [0.2, 0.25) is 0 Å². The third kappa shape index (κ3) is 4.11. The fourth-order valence-corrected chi connectivity index (χ4v) is 4.12. The summed E-state index contributed by atoms with van der Waals surface area (Å²) in [6.07, 6.45) is 4.98. The predicted octanol–water partition coefficient (Wildman–Crippen LogP) is 2.30. The Morgan fingerprint density at radius 2 is 2.04 bits per heavy atom. The molecule has 1 aromatic heterocycles. The highest BCUT2D eigenvalue weighted by Gasteiger charge is 2.44. The van der Waals surface area contributed by atoms with Gasteiger partial charge in [-0.25, -0.2) is 9.97 Å². The zero-order valence-electron chi connectivity index (χ0n) is 15.7. The van der Waals surface area contributed by atoms with Crippen LogP contribution in [-0.2, 0) is 16.0 Å². The summed E-state index contributed by atoms with van der Waals surface area (Å²) in [5.74, 6) is 1.65. The Labute approximate surface area is 160 Å². The minimum Gasteiger partial charge on any atom is -0.376 e. The monoisotopic (exact) mass is 366 g/mol. The third-order valence-electron chi connectivity index (χ3n) is 5.75. The molecular formula is C21H26N4O2. The van der Waals surface area contributed by atoms with E-state index in [0.717, 1.165) is 32.7 Å². The molecule has 4 rings (SSSR count). The van der Waals surface area contributed by atoms with Gasteiger partial charge in [-0.05, 0) is 30.5 Å². The van der Waals surface area contributed by atoms with Gasteiger partial charge in [0, 0.05) is 50.3 Å². The first-order chi connectivity index (χ1) is 13.2. The number of carbonyl (C=O) groups is 1. The van der Waals surface area contributed by atoms with E-state index in [-0.39, 0.29) is 12.0 Å². The van der Waals surface area contributed by atoms with Crippen molar-refractivity contribution in [1.82, 2.24) is 14.9 Å². The van der Waals surface area contributed by atoms with Crippen LogP contribution in [0.15, 0.2) is 42.7 Å². The van der Waals surface area contributed by atoms with Crippen molar-refractivity contribution < 1.29 is 9.53 Å². The van der Waals surface area contributed by atoms with E-state index < -0.39 is 0 Å². The summed E-state index contributed by atoms with van der Waals surface area (Å²) in [6.45, 7) is 5.12. The molecule has 1 amide bonds. The summed E-state index contributed by atoms with van der Waals surface area (Å²) in [5.41, 5.74) is 2.51. The molecule has 0 aliphatic carbocycles. The average molecular weight is 366 g/mol. The summed E-state index contributed by atoms with van der Waals surface area (Å²) in [5, 5.41) is 3.29. The van der Waals surface area contributed by atoms with Crippen molar-refractivity contribution in [3.05, 3.63) is 53.9 Å². The minimum atomic E-state index is 0.163. The molecule has 3 heterocycles. The van der Waals surface area contributed by atoms with E-state index in [2.05, 4.69) is 34.3 Å². The summed E-state index contributed by atoms with van der Waals surface area (Å²) < 4.78 is 5.97. The van der Waals surface area contributed by atoms with Crippen molar-refractivity contribution in [1.29, 1.82) is 0 Å². The second-order valence-electron chi connectivity index (χ2n) is 7.47. The van der Waals surface area contributed by atoms with E-state index in [9.17, 15) is 4.79 Å². The smallest absolute Gasteiger partial charge is 0.223 e. The number of hydrogen-bond acceptors (Lipinski definition) is 5. The van der Waals surface area contributed by atoms with Gasteiger partial charge in [-0.1, -0.05) is 24.3 Å². The van der Waals surface area contributed by atoms with Gasteiger partial charge >= 0.3 is 0 Å². The maximum atomic E-state index is 12.7. The number of ether oxygens (including phenoxy) is 1. The summed E-state index contributed by atoms with van der Waals surface area (Å²) >= 11 is 0. The second-order valence-corrected chi connectivity index (χ2v) is 7.47. The number of amides is 1. The van der Waals surface area contributed by atoms with E-state index in [1.54, 1.807) is 18.5 Å². The van der Waals surface area contributed by atoms with Gasteiger partial charge in [0.15, 0.2) is 0 Å². The predicted molar refractivity (Wildman–Crippen MR) is 103 cm³/mol. The van der Waals surface area contributed by atoms with Crippen LogP contribution < -0.4 is 5.32 Å². The average Bonchev–Trinajstić information content (AvgIpc) is 3.27. The molecule has 6 heteroatoms. The number of rotatable bonds is 6. The lowest BCUT2D eigenvalue weighted by Gasteiger charge is -2.20. The highest BCUT2D eigenvalue weighted by Crippen LogP contribution is 2.34. The van der Waals surface area contributed by atoms with Gasteiger partial charge in [-0.2, -0.15) is 0 Å². The first-order valence-corrected chi connectivity index (χ1v) is 9.65. The van der Waals surface area contributed by atoms with Crippen LogP contribution in [0.3, 0.4) is 0 Å². The number of carbonyl (C=O) groups excluding carboxylic acids is 1. The van der Waals surface area contributed by atoms with Gasteiger partial charge in [0.25, 0.3) is 0 Å². The van der Waals surface area contributed by atoms with Crippen LogP contribution >= 0.6 is 0 Å². The number of hydrogen-bond donors (Lipinski definition) is 1. The Morgan fingerprint density at radius 1 is 1.22 bits per heavy atom. The summed E-state index contributed by atoms with van der Waals surface area (Å²) in [4.78, 5) is 23.1. The number of aryl methyl sites for hydroxylation is 2. The van der Waals surface area contributed by atoms with Crippen molar-refractivity contribution >= 4 is 11.9 Å². The Morgan fingerprint density at radius 3 is 2.85 bits per heavy atom. The van der Waals surface area contributed by atoms with E-state index in [0.29, 0.717) is 24.2 Å². The highest BCUT2D eigenvalue weighted by molar-refractivity contribution is 5.77. The first-order valence-electron chi connectivity index (χ1n) is 9.65. The number of nitrogens with one attached hydrogen (secondary N) is 1. The molecule has 2 aliphatic heterocycles. The van der Waals surface area contributed by atoms with Gasteiger partial charge in [-0.3, -0.25) is 4.79 Å². The molecule has 2 aromatic rings. The molecule has 0 spiro atoms. The summed E-state index contributed by atoms with van der Waals surface area (Å²) in [7, 11) is 0. The lowest BCUT2D eigenvalue weighted by Crippen LogP contribution is -2.32. The molecule has 142 valence electrons. The second kappa shape index (κ2) is 8.05. The molecule has 1 N–H and O–H groups in total. The molecule has 1 aromatic carbocycles. The maximum absolute atomic E-state index is 12.7. The van der Waals surface area contributed by atoms with Gasteiger partial charge in [0.05, 0.1) is 12.7 Å². The van der Waals surface area contributed by atoms with Gasteiger partial charge in [0.2, 0.25) is 11.9 Å². The van der Waals surface area contributed by atoms with Gasteiger partial charge in [-0.15, -0.1) is 0 Å². The highest BCUT2D eigenvalue weighted by atomic mass is 16.5. The topological polar surface area (TPSA) is 67.4 Å². The minimum absolute atomic E-state index is 0.163. The first kappa shape index (κ1) is 17.9. The SMILES string of the molecule is Cc1ccccc1CCC(=O)N1C[C@H]2[C@H](CNc3ncccn3)CO[C@H]2C1. The lowest BCUT2D eigenvalue weighted by atomic mass is 9.93. The quantitative estimate of drug-likeness (QED) is 0.850. The van der Waals surface area contributed by atoms with Gasteiger partial charge < -0.3 is 15.0 Å². The third-order valence-corrected chi connectivity index (χ3v) is 5.75.